The van der Waals surface area contributed by atoms with Gasteiger partial charge in [0.25, 0.3) is 0 Å². The van der Waals surface area contributed by atoms with Gasteiger partial charge in [-0.25, -0.2) is 4.98 Å². The maximum Gasteiger partial charge on any atom is 0.242 e. The monoisotopic (exact) mass is 452 g/mol. The maximum atomic E-state index is 13.1. The van der Waals surface area contributed by atoms with Crippen molar-refractivity contribution in [2.45, 2.75) is 44.6 Å². The number of nitrogens with zero attached hydrogens (tertiary/aromatic N) is 1. The zero-order chi connectivity index (χ0) is 22.2. The fourth-order valence-corrected chi connectivity index (χ4v) is 5.21. The van der Waals surface area contributed by atoms with Crippen molar-refractivity contribution < 1.29 is 9.53 Å². The highest BCUT2D eigenvalue weighted by Gasteiger charge is 2.25. The van der Waals surface area contributed by atoms with Crippen LogP contribution in [0.1, 0.15) is 38.5 Å². The predicted octanol–water partition coefficient (Wildman–Crippen LogP) is 5.28. The molecule has 0 bridgehead atoms. The summed E-state index contributed by atoms with van der Waals surface area (Å²) in [7, 11) is 1.66. The van der Waals surface area contributed by atoms with Gasteiger partial charge in [-0.05, 0) is 48.7 Å². The molecule has 1 unspecified atom stereocenters. The third-order valence-electron chi connectivity index (χ3n) is 6.05. The molecule has 0 saturated heterocycles. The number of benzene rings is 2. The molecule has 1 aliphatic carbocycles. The fourth-order valence-electron chi connectivity index (χ4n) is 4.30. The zero-order valence-electron chi connectivity index (χ0n) is 18.6. The molecule has 170 valence electrons. The van der Waals surface area contributed by atoms with E-state index >= 15 is 0 Å². The first-order valence-corrected chi connectivity index (χ1v) is 12.3. The molecule has 1 heterocycles. The van der Waals surface area contributed by atoms with Gasteiger partial charge in [0.1, 0.15) is 11.8 Å². The summed E-state index contributed by atoms with van der Waals surface area (Å²) in [5, 5.41) is 10.7. The third kappa shape index (κ3) is 6.13. The number of hydrogen-bond donors (Lipinski definition) is 3. The Bertz CT molecular complexity index is 966. The molecule has 0 radical (unpaired) electrons. The summed E-state index contributed by atoms with van der Waals surface area (Å²) in [6.45, 7) is 1.23. The van der Waals surface area contributed by atoms with Crippen molar-refractivity contribution >= 4 is 38.3 Å². The van der Waals surface area contributed by atoms with Crippen molar-refractivity contribution in [1.29, 1.82) is 0 Å². The molecule has 1 saturated carbocycles. The molecule has 3 N–H and O–H groups in total. The van der Waals surface area contributed by atoms with E-state index < -0.39 is 0 Å². The number of carbonyl (C=O) groups is 1. The number of hydrogen-bond acceptors (Lipinski definition) is 6. The molecule has 1 amide bonds. The van der Waals surface area contributed by atoms with Crippen molar-refractivity contribution in [1.82, 2.24) is 10.3 Å². The number of amides is 1. The minimum Gasteiger partial charge on any atom is -0.497 e. The van der Waals surface area contributed by atoms with Crippen LogP contribution in [0.15, 0.2) is 48.5 Å². The highest BCUT2D eigenvalue weighted by Crippen LogP contribution is 2.30. The van der Waals surface area contributed by atoms with Crippen LogP contribution < -0.4 is 20.7 Å². The van der Waals surface area contributed by atoms with E-state index in [2.05, 4.69) is 27.0 Å². The second kappa shape index (κ2) is 11.2. The maximum absolute atomic E-state index is 13.1. The number of ether oxygens (including phenoxy) is 1. The molecule has 4 rings (SSSR count). The topological polar surface area (TPSA) is 75.3 Å². The molecule has 32 heavy (non-hydrogen) atoms. The predicted molar refractivity (Wildman–Crippen MR) is 133 cm³/mol. The minimum atomic E-state index is -0.264. The van der Waals surface area contributed by atoms with Crippen LogP contribution in [-0.4, -0.2) is 37.1 Å². The second-order valence-electron chi connectivity index (χ2n) is 8.37. The number of para-hydroxylation sites is 1. The number of methoxy groups -OCH3 is 1. The Hall–Kier alpha value is -2.80. The molecular weight excluding hydrogens is 420 g/mol. The van der Waals surface area contributed by atoms with Crippen LogP contribution in [-0.2, 0) is 4.79 Å². The molecule has 1 fully saturated rings. The van der Waals surface area contributed by atoms with Gasteiger partial charge in [0.05, 0.1) is 17.3 Å². The number of carbonyl (C=O) groups excluding carboxylic acids is 1. The lowest BCUT2D eigenvalue weighted by atomic mass is 9.84. The SMILES string of the molecule is COc1ccc(NCCNC(=O)C(CC2CCCCC2)Nc2nc3ccccc3s2)cc1. The van der Waals surface area contributed by atoms with E-state index in [9.17, 15) is 4.79 Å². The summed E-state index contributed by atoms with van der Waals surface area (Å²) in [5.74, 6) is 1.47. The average Bonchev–Trinajstić information content (AvgIpc) is 3.25. The van der Waals surface area contributed by atoms with Crippen LogP contribution in [0, 0.1) is 5.92 Å². The largest absolute Gasteiger partial charge is 0.497 e. The lowest BCUT2D eigenvalue weighted by molar-refractivity contribution is -0.122. The van der Waals surface area contributed by atoms with Crippen molar-refractivity contribution in [3.8, 4) is 5.75 Å². The van der Waals surface area contributed by atoms with Crippen molar-refractivity contribution in [3.63, 3.8) is 0 Å². The van der Waals surface area contributed by atoms with Crippen LogP contribution in [0.3, 0.4) is 0 Å². The molecule has 3 aromatic rings. The van der Waals surface area contributed by atoms with Gasteiger partial charge >= 0.3 is 0 Å². The molecule has 2 aromatic carbocycles. The summed E-state index contributed by atoms with van der Waals surface area (Å²) in [5.41, 5.74) is 1.98. The Morgan fingerprint density at radius 2 is 1.88 bits per heavy atom. The standard InChI is InChI=1S/C25H32N4O2S/c1-31-20-13-11-19(12-14-20)26-15-16-27-24(30)22(17-18-7-3-2-4-8-18)29-25-28-21-9-5-6-10-23(21)32-25/h5-6,9-14,18,22,26H,2-4,7-8,15-17H2,1H3,(H,27,30)(H,28,29). The van der Waals surface area contributed by atoms with Crippen LogP contribution in [0.25, 0.3) is 10.2 Å². The second-order valence-corrected chi connectivity index (χ2v) is 9.40. The lowest BCUT2D eigenvalue weighted by Crippen LogP contribution is -2.42. The number of fused-ring (bicyclic) bond motifs is 1. The first-order chi connectivity index (χ1) is 15.7. The highest BCUT2D eigenvalue weighted by molar-refractivity contribution is 7.22. The van der Waals surface area contributed by atoms with Gasteiger partial charge in [-0.2, -0.15) is 0 Å². The number of rotatable bonds is 10. The zero-order valence-corrected chi connectivity index (χ0v) is 19.4. The normalized spacial score (nSPS) is 15.3. The summed E-state index contributed by atoms with van der Waals surface area (Å²) in [6.07, 6.45) is 7.13. The van der Waals surface area contributed by atoms with Crippen molar-refractivity contribution in [2.75, 3.05) is 30.8 Å². The molecule has 0 aliphatic heterocycles. The Labute approximate surface area is 193 Å². The fraction of sp³-hybridized carbons (Fsp3) is 0.440. The molecule has 1 aromatic heterocycles. The van der Waals surface area contributed by atoms with Gasteiger partial charge in [-0.3, -0.25) is 4.79 Å². The van der Waals surface area contributed by atoms with Crippen LogP contribution >= 0.6 is 11.3 Å². The van der Waals surface area contributed by atoms with Gasteiger partial charge in [-0.1, -0.05) is 55.6 Å². The average molecular weight is 453 g/mol. The first-order valence-electron chi connectivity index (χ1n) is 11.5. The minimum absolute atomic E-state index is 0.0476. The molecule has 1 atom stereocenters. The van der Waals surface area contributed by atoms with Gasteiger partial charge in [-0.15, -0.1) is 0 Å². The summed E-state index contributed by atoms with van der Waals surface area (Å²) in [6, 6.07) is 15.6. The van der Waals surface area contributed by atoms with E-state index in [1.807, 2.05) is 42.5 Å². The quantitative estimate of drug-likeness (QED) is 0.365. The van der Waals surface area contributed by atoms with E-state index in [0.29, 0.717) is 19.0 Å². The molecule has 6 nitrogen and oxygen atoms in total. The Morgan fingerprint density at radius 1 is 1.09 bits per heavy atom. The summed E-state index contributed by atoms with van der Waals surface area (Å²) in [4.78, 5) is 17.8. The van der Waals surface area contributed by atoms with Gasteiger partial charge < -0.3 is 20.7 Å². The van der Waals surface area contributed by atoms with E-state index in [1.54, 1.807) is 18.4 Å². The lowest BCUT2D eigenvalue weighted by Gasteiger charge is -2.26. The molecule has 7 heteroatoms. The van der Waals surface area contributed by atoms with Crippen molar-refractivity contribution in [2.24, 2.45) is 5.92 Å². The Balaban J connectivity index is 1.33. The van der Waals surface area contributed by atoms with Gasteiger partial charge in [0.15, 0.2) is 5.13 Å². The van der Waals surface area contributed by atoms with E-state index in [4.69, 9.17) is 4.74 Å². The highest BCUT2D eigenvalue weighted by atomic mass is 32.1. The Kier molecular flexibility index (Phi) is 7.82. The number of nitrogens with one attached hydrogen (secondary N) is 3. The first kappa shape index (κ1) is 22.4. The van der Waals surface area contributed by atoms with Crippen LogP contribution in [0.2, 0.25) is 0 Å². The van der Waals surface area contributed by atoms with Crippen LogP contribution in [0.5, 0.6) is 5.75 Å². The molecule has 1 aliphatic rings. The van der Waals surface area contributed by atoms with Gasteiger partial charge in [0.2, 0.25) is 5.91 Å². The third-order valence-corrected chi connectivity index (χ3v) is 7.01. The van der Waals surface area contributed by atoms with Gasteiger partial charge in [0, 0.05) is 18.8 Å². The van der Waals surface area contributed by atoms with E-state index in [0.717, 1.165) is 33.2 Å². The smallest absolute Gasteiger partial charge is 0.242 e. The van der Waals surface area contributed by atoms with E-state index in [1.165, 1.54) is 32.1 Å². The summed E-state index contributed by atoms with van der Waals surface area (Å²) < 4.78 is 6.32. The Morgan fingerprint density at radius 3 is 2.62 bits per heavy atom. The molecule has 0 spiro atoms. The molecular formula is C25H32N4O2S. The number of thiazole rings is 1. The number of aromatic nitrogens is 1. The van der Waals surface area contributed by atoms with Crippen molar-refractivity contribution in [3.05, 3.63) is 48.5 Å². The van der Waals surface area contributed by atoms with E-state index in [-0.39, 0.29) is 11.9 Å². The number of anilines is 2. The summed E-state index contributed by atoms with van der Waals surface area (Å²) >= 11 is 1.61. The van der Waals surface area contributed by atoms with Crippen LogP contribution in [0.4, 0.5) is 10.8 Å².